The summed E-state index contributed by atoms with van der Waals surface area (Å²) >= 11 is 0. The third kappa shape index (κ3) is 8.14. The third-order valence-electron chi connectivity index (χ3n) is 7.46. The molecular formula is C30H34F2N5O9P. The fourth-order valence-corrected chi connectivity index (χ4v) is 6.60. The Morgan fingerprint density at radius 2 is 1.81 bits per heavy atom. The lowest BCUT2D eigenvalue weighted by atomic mass is 10.1. The molecule has 2 aliphatic heterocycles. The first-order valence-electron chi connectivity index (χ1n) is 14.7. The van der Waals surface area contributed by atoms with E-state index in [1.54, 1.807) is 55.6 Å². The van der Waals surface area contributed by atoms with Gasteiger partial charge in [-0.2, -0.15) is 18.9 Å². The first kappa shape index (κ1) is 34.0. The summed E-state index contributed by atoms with van der Waals surface area (Å²) in [5, 5.41) is 5.27. The van der Waals surface area contributed by atoms with Gasteiger partial charge in [0.05, 0.1) is 12.6 Å². The minimum absolute atomic E-state index is 0.107. The van der Waals surface area contributed by atoms with Gasteiger partial charge < -0.3 is 29.0 Å². The summed E-state index contributed by atoms with van der Waals surface area (Å²) in [6.45, 7) is -0.656. The lowest BCUT2D eigenvalue weighted by Crippen LogP contribution is -2.48. The van der Waals surface area contributed by atoms with Crippen molar-refractivity contribution in [2.75, 3.05) is 32.6 Å². The van der Waals surface area contributed by atoms with Crippen molar-refractivity contribution in [2.24, 2.45) is 0 Å². The van der Waals surface area contributed by atoms with Gasteiger partial charge in [-0.1, -0.05) is 48.5 Å². The molecule has 2 N–H and O–H groups in total. The number of amides is 1. The zero-order valence-corrected chi connectivity index (χ0v) is 26.4. The summed E-state index contributed by atoms with van der Waals surface area (Å²) in [6.07, 6.45) is -5.96. The number of anilines is 1. The van der Waals surface area contributed by atoms with Crippen molar-refractivity contribution < 1.29 is 46.2 Å². The van der Waals surface area contributed by atoms with E-state index in [1.165, 1.54) is 30.1 Å². The number of nitrogens with one attached hydrogen (secondary N) is 2. The molecule has 0 radical (unpaired) electrons. The maximum Gasteiger partial charge on any atom is 0.509 e. The van der Waals surface area contributed by atoms with Gasteiger partial charge in [0.1, 0.15) is 24.3 Å². The van der Waals surface area contributed by atoms with Gasteiger partial charge in [-0.25, -0.2) is 14.2 Å². The highest BCUT2D eigenvalue weighted by atomic mass is 31.2. The highest BCUT2D eigenvalue weighted by Gasteiger charge is 2.63. The first-order chi connectivity index (χ1) is 22.5. The van der Waals surface area contributed by atoms with Crippen molar-refractivity contribution in [3.8, 4) is 5.75 Å². The molecule has 2 aromatic carbocycles. The Morgan fingerprint density at radius 1 is 1.11 bits per heavy atom. The average molecular weight is 678 g/mol. The molecule has 3 aromatic rings. The molecule has 17 heteroatoms. The van der Waals surface area contributed by atoms with Gasteiger partial charge in [-0.15, -0.1) is 0 Å². The lowest BCUT2D eigenvalue weighted by molar-refractivity contribution is -0.146. The zero-order chi connectivity index (χ0) is 33.6. The third-order valence-corrected chi connectivity index (χ3v) is 9.03. The van der Waals surface area contributed by atoms with Crippen LogP contribution in [0.3, 0.4) is 0 Å². The molecular weight excluding hydrogens is 643 g/mol. The van der Waals surface area contributed by atoms with E-state index in [-0.39, 0.29) is 24.1 Å². The second-order valence-corrected chi connectivity index (χ2v) is 12.5. The number of rotatable bonds is 12. The van der Waals surface area contributed by atoms with Crippen molar-refractivity contribution in [2.45, 2.75) is 49.8 Å². The molecule has 0 saturated carbocycles. The molecule has 0 spiro atoms. The van der Waals surface area contributed by atoms with Crippen LogP contribution in [-0.2, 0) is 34.7 Å². The Bertz CT molecular complexity index is 1650. The molecule has 14 nitrogen and oxygen atoms in total. The summed E-state index contributed by atoms with van der Waals surface area (Å²) < 4.78 is 73.8. The summed E-state index contributed by atoms with van der Waals surface area (Å²) in [6, 6.07) is 16.7. The second kappa shape index (κ2) is 14.6. The van der Waals surface area contributed by atoms with Crippen LogP contribution < -0.4 is 20.6 Å². The standard InChI is InChI=1S/C30H34F2N5O9P/c1-33-24-15-17-37(28(39)34-24)27-30(31,32)25(45-29(40)42-18-20-10-5-3-6-11-20)23(44-27)19-43-47(41,46-21-12-7-4-8-13-21)35-22-14-9-16-36(2)26(22)38/h3-8,10-13,15,17,22-23,25,27H,9,14,16,18-19H2,1-2H3,(H,35,41)(H,33,34,39)/t22?,23-,25-,27-,47?/m1/s1. The number of ether oxygens (including phenoxy) is 3. The number of halogens is 2. The topological polar surface area (TPSA) is 160 Å². The number of carbonyl (C=O) groups excluding carboxylic acids is 2. The normalized spacial score (nSPS) is 23.5. The van der Waals surface area contributed by atoms with Crippen LogP contribution in [0.25, 0.3) is 0 Å². The van der Waals surface area contributed by atoms with E-state index in [9.17, 15) is 18.9 Å². The monoisotopic (exact) mass is 677 g/mol. The van der Waals surface area contributed by atoms with Crippen LogP contribution in [0.1, 0.15) is 24.6 Å². The Morgan fingerprint density at radius 3 is 2.49 bits per heavy atom. The maximum atomic E-state index is 16.0. The Labute approximate surface area is 268 Å². The number of benzene rings is 2. The lowest BCUT2D eigenvalue weighted by Gasteiger charge is -2.32. The predicted octanol–water partition coefficient (Wildman–Crippen LogP) is 3.95. The minimum Gasteiger partial charge on any atom is -0.429 e. The molecule has 2 saturated heterocycles. The van der Waals surface area contributed by atoms with Crippen LogP contribution >= 0.6 is 7.75 Å². The minimum atomic E-state index is -4.48. The molecule has 2 unspecified atom stereocenters. The van der Waals surface area contributed by atoms with E-state index in [0.29, 0.717) is 29.5 Å². The maximum absolute atomic E-state index is 16.0. The van der Waals surface area contributed by atoms with Crippen LogP contribution in [0.5, 0.6) is 5.75 Å². The van der Waals surface area contributed by atoms with E-state index in [0.717, 1.165) is 6.20 Å². The second-order valence-electron chi connectivity index (χ2n) is 10.8. The summed E-state index contributed by atoms with van der Waals surface area (Å²) in [4.78, 5) is 43.3. The van der Waals surface area contributed by atoms with E-state index in [4.69, 9.17) is 23.3 Å². The van der Waals surface area contributed by atoms with Gasteiger partial charge in [0.2, 0.25) is 18.2 Å². The van der Waals surface area contributed by atoms with Gasteiger partial charge in [0.25, 0.3) is 0 Å². The number of alkyl halides is 2. The van der Waals surface area contributed by atoms with Crippen molar-refractivity contribution in [3.63, 3.8) is 0 Å². The fraction of sp³-hybridized carbons (Fsp3) is 0.400. The average Bonchev–Trinajstić information content (AvgIpc) is 3.30. The van der Waals surface area contributed by atoms with Crippen LogP contribution in [0.4, 0.5) is 19.4 Å². The molecule has 3 heterocycles. The van der Waals surface area contributed by atoms with Gasteiger partial charge in [-0.05, 0) is 36.6 Å². The Kier molecular flexibility index (Phi) is 10.5. The molecule has 0 bridgehead atoms. The van der Waals surface area contributed by atoms with Gasteiger partial charge >= 0.3 is 25.5 Å². The van der Waals surface area contributed by atoms with E-state index in [1.807, 2.05) is 0 Å². The molecule has 5 rings (SSSR count). The van der Waals surface area contributed by atoms with Crippen LogP contribution in [0.2, 0.25) is 0 Å². The highest BCUT2D eigenvalue weighted by molar-refractivity contribution is 7.52. The van der Waals surface area contributed by atoms with Crippen LogP contribution in [0, 0.1) is 0 Å². The number of piperidine rings is 1. The van der Waals surface area contributed by atoms with E-state index in [2.05, 4.69) is 15.4 Å². The largest absolute Gasteiger partial charge is 0.509 e. The fourth-order valence-electron chi connectivity index (χ4n) is 5.06. The number of carbonyl (C=O) groups is 2. The summed E-state index contributed by atoms with van der Waals surface area (Å²) in [7, 11) is -1.39. The molecule has 252 valence electrons. The molecule has 1 aromatic heterocycles. The molecule has 2 aliphatic rings. The quantitative estimate of drug-likeness (QED) is 0.210. The van der Waals surface area contributed by atoms with Crippen molar-refractivity contribution in [1.29, 1.82) is 0 Å². The molecule has 47 heavy (non-hydrogen) atoms. The Balaban J connectivity index is 1.40. The van der Waals surface area contributed by atoms with Gasteiger partial charge in [0.15, 0.2) is 0 Å². The number of para-hydroxylation sites is 1. The van der Waals surface area contributed by atoms with E-state index < -0.39 is 56.6 Å². The predicted molar refractivity (Wildman–Crippen MR) is 163 cm³/mol. The molecule has 0 aliphatic carbocycles. The van der Waals surface area contributed by atoms with Crippen LogP contribution in [0.15, 0.2) is 77.7 Å². The zero-order valence-electron chi connectivity index (χ0n) is 25.5. The van der Waals surface area contributed by atoms with Crippen molar-refractivity contribution in [1.82, 2.24) is 19.5 Å². The number of nitrogens with zero attached hydrogens (tertiary/aromatic N) is 3. The number of hydrogen-bond donors (Lipinski definition) is 2. The van der Waals surface area contributed by atoms with Crippen molar-refractivity contribution >= 4 is 25.6 Å². The highest BCUT2D eigenvalue weighted by Crippen LogP contribution is 2.49. The first-order valence-corrected chi connectivity index (χ1v) is 16.2. The van der Waals surface area contributed by atoms with E-state index >= 15 is 8.78 Å². The summed E-state index contributed by atoms with van der Waals surface area (Å²) in [5.74, 6) is -4.17. The van der Waals surface area contributed by atoms with Gasteiger partial charge in [-0.3, -0.25) is 13.9 Å². The smallest absolute Gasteiger partial charge is 0.429 e. The van der Waals surface area contributed by atoms with Crippen LogP contribution in [-0.4, -0.2) is 77.9 Å². The summed E-state index contributed by atoms with van der Waals surface area (Å²) in [5.41, 5.74) is -0.500. The SMILES string of the molecule is CNc1ccn([C@@H]2O[C@H](COP(=O)(NC3CCCN(C)C3=O)Oc3ccccc3)[C@@H](OC(=O)OCc3ccccc3)C2(F)F)c(=O)n1. The molecule has 5 atom stereocenters. The Hall–Kier alpha value is -4.37. The van der Waals surface area contributed by atoms with Crippen molar-refractivity contribution in [3.05, 3.63) is 89.0 Å². The number of likely N-dealkylation sites (N-methyl/N-ethyl adjacent to an activating group) is 1. The molecule has 1 amide bonds. The number of hydrogen-bond acceptors (Lipinski definition) is 11. The van der Waals surface area contributed by atoms with Gasteiger partial charge in [0, 0.05) is 26.8 Å². The number of likely N-dealkylation sites (tertiary alicyclic amines) is 1. The number of aromatic nitrogens is 2. The molecule has 2 fully saturated rings.